The molecule has 2 rings (SSSR count). The van der Waals surface area contributed by atoms with E-state index >= 15 is 0 Å². The van der Waals surface area contributed by atoms with Gasteiger partial charge in [-0.25, -0.2) is 0 Å². The number of ether oxygens (including phenoxy) is 1. The van der Waals surface area contributed by atoms with Crippen molar-refractivity contribution in [2.45, 2.75) is 53.1 Å². The highest BCUT2D eigenvalue weighted by atomic mass is 32.1. The van der Waals surface area contributed by atoms with Crippen LogP contribution in [0.25, 0.3) is 10.1 Å². The van der Waals surface area contributed by atoms with Crippen molar-refractivity contribution in [3.63, 3.8) is 0 Å². The minimum absolute atomic E-state index is 0.145. The average molecular weight is 304 g/mol. The van der Waals surface area contributed by atoms with Gasteiger partial charge >= 0.3 is 5.97 Å². The van der Waals surface area contributed by atoms with E-state index in [1.165, 1.54) is 4.70 Å². The average Bonchev–Trinajstić information content (AvgIpc) is 2.73. The number of rotatable bonds is 2. The van der Waals surface area contributed by atoms with Crippen LogP contribution in [0.3, 0.4) is 0 Å². The van der Waals surface area contributed by atoms with Crippen LogP contribution in [0.1, 0.15) is 53.0 Å². The fourth-order valence-electron chi connectivity index (χ4n) is 2.58. The number of benzene rings is 1. The second-order valence-corrected chi connectivity index (χ2v) is 8.46. The molecule has 0 aliphatic rings. The smallest absolute Gasteiger partial charge is 0.314 e. The number of fused-ring (bicyclic) bond motifs is 1. The molecule has 0 spiro atoms. The first-order valence-electron chi connectivity index (χ1n) is 7.28. The summed E-state index contributed by atoms with van der Waals surface area (Å²) in [5, 5.41) is 3.23. The Morgan fingerprint density at radius 2 is 1.76 bits per heavy atom. The van der Waals surface area contributed by atoms with Gasteiger partial charge in [0.1, 0.15) is 5.60 Å². The lowest BCUT2D eigenvalue weighted by atomic mass is 9.75. The number of thiophene rings is 1. The molecule has 21 heavy (non-hydrogen) atoms. The Bertz CT molecular complexity index is 641. The van der Waals surface area contributed by atoms with E-state index in [-0.39, 0.29) is 17.3 Å². The van der Waals surface area contributed by atoms with Crippen LogP contribution >= 0.6 is 11.3 Å². The molecule has 2 nitrogen and oxygen atoms in total. The van der Waals surface area contributed by atoms with Crippen LogP contribution in [0, 0.1) is 5.41 Å². The van der Waals surface area contributed by atoms with Gasteiger partial charge < -0.3 is 4.74 Å². The Hall–Kier alpha value is -1.35. The van der Waals surface area contributed by atoms with Crippen molar-refractivity contribution >= 4 is 27.4 Å². The lowest BCUT2D eigenvalue weighted by Crippen LogP contribution is -2.33. The Morgan fingerprint density at radius 1 is 1.10 bits per heavy atom. The normalized spacial score (nSPS) is 14.2. The molecule has 1 heterocycles. The predicted molar refractivity (Wildman–Crippen MR) is 89.9 cm³/mol. The zero-order valence-corrected chi connectivity index (χ0v) is 14.5. The quantitative estimate of drug-likeness (QED) is 0.697. The Labute approximate surface area is 131 Å². The van der Waals surface area contributed by atoms with Crippen LogP contribution in [-0.2, 0) is 9.53 Å². The minimum Gasteiger partial charge on any atom is -0.459 e. The largest absolute Gasteiger partial charge is 0.459 e. The van der Waals surface area contributed by atoms with Crippen LogP contribution < -0.4 is 0 Å². The second kappa shape index (κ2) is 5.45. The highest BCUT2D eigenvalue weighted by molar-refractivity contribution is 7.17. The van der Waals surface area contributed by atoms with Crippen molar-refractivity contribution in [2.75, 3.05) is 0 Å². The molecule has 0 N–H and O–H groups in total. The lowest BCUT2D eigenvalue weighted by Gasteiger charge is -2.32. The van der Waals surface area contributed by atoms with E-state index in [2.05, 4.69) is 44.4 Å². The molecule has 0 amide bonds. The van der Waals surface area contributed by atoms with E-state index in [1.54, 1.807) is 11.3 Å². The van der Waals surface area contributed by atoms with E-state index in [9.17, 15) is 4.79 Å². The molecule has 0 fully saturated rings. The van der Waals surface area contributed by atoms with Crippen molar-refractivity contribution in [1.82, 2.24) is 0 Å². The van der Waals surface area contributed by atoms with Crippen molar-refractivity contribution in [1.29, 1.82) is 0 Å². The third-order valence-corrected chi connectivity index (χ3v) is 4.23. The first-order chi connectivity index (χ1) is 9.59. The number of hydrogen-bond acceptors (Lipinski definition) is 3. The summed E-state index contributed by atoms with van der Waals surface area (Å²) in [5.41, 5.74) is 0.400. The number of carbonyl (C=O) groups excluding carboxylic acids is 1. The molecule has 0 radical (unpaired) electrons. The van der Waals surface area contributed by atoms with E-state index in [1.807, 2.05) is 26.8 Å². The molecule has 1 unspecified atom stereocenters. The zero-order valence-electron chi connectivity index (χ0n) is 13.7. The molecule has 0 aliphatic heterocycles. The summed E-state index contributed by atoms with van der Waals surface area (Å²) in [7, 11) is 0. The molecule has 0 saturated carbocycles. The Balaban J connectivity index is 2.51. The standard InChI is InChI=1S/C18H24O2S/c1-17(2,3)15(16(19)20-18(4,5)6)13-8-7-9-14-12(13)10-11-21-14/h7-11,15H,1-6H3. The van der Waals surface area contributed by atoms with Gasteiger partial charge in [0.05, 0.1) is 5.92 Å². The summed E-state index contributed by atoms with van der Waals surface area (Å²) < 4.78 is 6.88. The molecule has 0 aliphatic carbocycles. The fraction of sp³-hybridized carbons (Fsp3) is 0.500. The second-order valence-electron chi connectivity index (χ2n) is 7.51. The Morgan fingerprint density at radius 3 is 2.33 bits per heavy atom. The number of esters is 1. The van der Waals surface area contributed by atoms with Gasteiger partial charge in [-0.15, -0.1) is 11.3 Å². The highest BCUT2D eigenvalue weighted by Gasteiger charge is 2.37. The summed E-state index contributed by atoms with van der Waals surface area (Å²) >= 11 is 1.70. The topological polar surface area (TPSA) is 26.3 Å². The number of hydrogen-bond donors (Lipinski definition) is 0. The Kier molecular flexibility index (Phi) is 4.16. The third kappa shape index (κ3) is 3.65. The van der Waals surface area contributed by atoms with Crippen molar-refractivity contribution in [3.05, 3.63) is 35.2 Å². The molecular weight excluding hydrogens is 280 g/mol. The predicted octanol–water partition coefficient (Wildman–Crippen LogP) is 5.37. The monoisotopic (exact) mass is 304 g/mol. The first-order valence-corrected chi connectivity index (χ1v) is 8.16. The molecule has 114 valence electrons. The van der Waals surface area contributed by atoms with Crippen LogP contribution in [-0.4, -0.2) is 11.6 Å². The van der Waals surface area contributed by atoms with Crippen molar-refractivity contribution < 1.29 is 9.53 Å². The third-order valence-electron chi connectivity index (χ3n) is 3.35. The SMILES string of the molecule is CC(C)(C)OC(=O)C(c1cccc2sccc12)C(C)(C)C. The minimum atomic E-state index is -0.469. The highest BCUT2D eigenvalue weighted by Crippen LogP contribution is 2.41. The van der Waals surface area contributed by atoms with E-state index in [0.29, 0.717) is 0 Å². The summed E-state index contributed by atoms with van der Waals surface area (Å²) in [4.78, 5) is 12.8. The molecule has 1 aromatic carbocycles. The molecule has 0 bridgehead atoms. The summed E-state index contributed by atoms with van der Waals surface area (Å²) in [5.74, 6) is -0.413. The molecule has 2 aromatic rings. The van der Waals surface area contributed by atoms with Gasteiger partial charge in [0.15, 0.2) is 0 Å². The van der Waals surface area contributed by atoms with Crippen LogP contribution in [0.2, 0.25) is 0 Å². The fourth-order valence-corrected chi connectivity index (χ4v) is 3.40. The molecular formula is C18H24O2S. The molecule has 3 heteroatoms. The number of carbonyl (C=O) groups is 1. The maximum Gasteiger partial charge on any atom is 0.314 e. The van der Waals surface area contributed by atoms with Gasteiger partial charge in [0, 0.05) is 4.70 Å². The maximum absolute atomic E-state index is 12.8. The van der Waals surface area contributed by atoms with Gasteiger partial charge in [-0.3, -0.25) is 4.79 Å². The van der Waals surface area contributed by atoms with Gasteiger partial charge in [-0.1, -0.05) is 32.9 Å². The summed E-state index contributed by atoms with van der Waals surface area (Å²) in [6, 6.07) is 8.27. The molecule has 1 aromatic heterocycles. The zero-order chi connectivity index (χ0) is 15.8. The van der Waals surface area contributed by atoms with Crippen LogP contribution in [0.15, 0.2) is 29.6 Å². The van der Waals surface area contributed by atoms with Crippen molar-refractivity contribution in [3.8, 4) is 0 Å². The van der Waals surface area contributed by atoms with Crippen molar-refractivity contribution in [2.24, 2.45) is 5.41 Å². The van der Waals surface area contributed by atoms with E-state index in [0.717, 1.165) is 10.9 Å². The summed E-state index contributed by atoms with van der Waals surface area (Å²) in [6.45, 7) is 12.0. The summed E-state index contributed by atoms with van der Waals surface area (Å²) in [6.07, 6.45) is 0. The van der Waals surface area contributed by atoms with E-state index < -0.39 is 5.60 Å². The maximum atomic E-state index is 12.8. The van der Waals surface area contributed by atoms with Gasteiger partial charge in [-0.2, -0.15) is 0 Å². The lowest BCUT2D eigenvalue weighted by molar-refractivity contribution is -0.159. The van der Waals surface area contributed by atoms with Gasteiger partial charge in [0.2, 0.25) is 0 Å². The molecule has 1 atom stereocenters. The van der Waals surface area contributed by atoms with Crippen LogP contribution in [0.5, 0.6) is 0 Å². The first kappa shape index (κ1) is 16.0. The molecule has 0 saturated heterocycles. The van der Waals surface area contributed by atoms with E-state index in [4.69, 9.17) is 4.74 Å². The van der Waals surface area contributed by atoms with Gasteiger partial charge in [-0.05, 0) is 54.6 Å². The van der Waals surface area contributed by atoms with Gasteiger partial charge in [0.25, 0.3) is 0 Å². The van der Waals surface area contributed by atoms with Crippen LogP contribution in [0.4, 0.5) is 0 Å².